The van der Waals surface area contributed by atoms with Gasteiger partial charge in [0.1, 0.15) is 0 Å². The molecule has 8 heteroatoms. The highest BCUT2D eigenvalue weighted by molar-refractivity contribution is 7.91. The predicted molar refractivity (Wildman–Crippen MR) is 95.1 cm³/mol. The first-order chi connectivity index (χ1) is 11.9. The smallest absolute Gasteiger partial charge is 0.272 e. The molecular formula is C17H20N4O3S. The van der Waals surface area contributed by atoms with E-state index in [1.807, 2.05) is 35.2 Å². The number of amides is 1. The summed E-state index contributed by atoms with van der Waals surface area (Å²) < 4.78 is 23.2. The van der Waals surface area contributed by atoms with Gasteiger partial charge in [0.25, 0.3) is 5.91 Å². The Bertz CT molecular complexity index is 838. The monoisotopic (exact) mass is 360 g/mol. The highest BCUT2D eigenvalue weighted by Crippen LogP contribution is 2.20. The number of rotatable bonds is 5. The van der Waals surface area contributed by atoms with Crippen molar-refractivity contribution in [3.63, 3.8) is 0 Å². The van der Waals surface area contributed by atoms with Crippen LogP contribution in [0.1, 0.15) is 22.5 Å². The first-order valence-corrected chi connectivity index (χ1v) is 9.86. The lowest BCUT2D eigenvalue weighted by Crippen LogP contribution is -2.33. The Morgan fingerprint density at radius 2 is 1.96 bits per heavy atom. The zero-order valence-electron chi connectivity index (χ0n) is 13.9. The van der Waals surface area contributed by atoms with Crippen LogP contribution in [0.25, 0.3) is 0 Å². The first kappa shape index (κ1) is 17.3. The molecule has 0 radical (unpaired) electrons. The molecule has 1 aromatic carbocycles. The van der Waals surface area contributed by atoms with Gasteiger partial charge in [-0.1, -0.05) is 30.3 Å². The van der Waals surface area contributed by atoms with Crippen LogP contribution in [0.15, 0.2) is 42.5 Å². The van der Waals surface area contributed by atoms with Crippen molar-refractivity contribution < 1.29 is 13.2 Å². The third kappa shape index (κ3) is 4.33. The molecule has 2 aromatic rings. The number of sulfone groups is 1. The van der Waals surface area contributed by atoms with Crippen molar-refractivity contribution in [1.29, 1.82) is 0 Å². The zero-order valence-corrected chi connectivity index (χ0v) is 14.7. The molecule has 0 saturated carbocycles. The number of hydrogen-bond donors (Lipinski definition) is 1. The van der Waals surface area contributed by atoms with Crippen LogP contribution in [0.3, 0.4) is 0 Å². The predicted octanol–water partition coefficient (Wildman–Crippen LogP) is 1.03. The Labute approximate surface area is 147 Å². The molecule has 1 unspecified atom stereocenters. The number of anilines is 1. The number of aromatic nitrogens is 2. The van der Waals surface area contributed by atoms with Gasteiger partial charge < -0.3 is 10.2 Å². The minimum atomic E-state index is -2.96. The van der Waals surface area contributed by atoms with Crippen LogP contribution < -0.4 is 10.2 Å². The van der Waals surface area contributed by atoms with Crippen LogP contribution in [0.5, 0.6) is 0 Å². The molecule has 132 valence electrons. The lowest BCUT2D eigenvalue weighted by molar-refractivity contribution is 0.0945. The Kier molecular flexibility index (Phi) is 4.98. The van der Waals surface area contributed by atoms with Crippen molar-refractivity contribution in [1.82, 2.24) is 15.5 Å². The second-order valence-corrected chi connectivity index (χ2v) is 8.34. The molecule has 1 aromatic heterocycles. The second-order valence-electron chi connectivity index (χ2n) is 6.11. The summed E-state index contributed by atoms with van der Waals surface area (Å²) in [7, 11) is -1.16. The summed E-state index contributed by atoms with van der Waals surface area (Å²) in [6.07, 6.45) is 0.583. The third-order valence-electron chi connectivity index (χ3n) is 4.30. The summed E-state index contributed by atoms with van der Waals surface area (Å²) in [4.78, 5) is 13.9. The van der Waals surface area contributed by atoms with Crippen LogP contribution >= 0.6 is 0 Å². The highest BCUT2D eigenvalue weighted by atomic mass is 32.2. The summed E-state index contributed by atoms with van der Waals surface area (Å²) >= 11 is 0. The standard InChI is InChI=1S/C17H20N4O3S/c1-21(14-9-10-25(23,24)12-14)16-8-7-15(19-20-16)17(22)18-11-13-5-3-2-4-6-13/h2-8,14H,9-12H2,1H3,(H,18,22). The molecule has 0 aliphatic carbocycles. The van der Waals surface area contributed by atoms with Gasteiger partial charge >= 0.3 is 0 Å². The van der Waals surface area contributed by atoms with Crippen molar-refractivity contribution in [2.45, 2.75) is 19.0 Å². The van der Waals surface area contributed by atoms with Gasteiger partial charge in [-0.15, -0.1) is 10.2 Å². The first-order valence-electron chi connectivity index (χ1n) is 8.04. The maximum atomic E-state index is 12.1. The quantitative estimate of drug-likeness (QED) is 0.856. The van der Waals surface area contributed by atoms with E-state index in [4.69, 9.17) is 0 Å². The maximum Gasteiger partial charge on any atom is 0.272 e. The van der Waals surface area contributed by atoms with Gasteiger partial charge in [-0.3, -0.25) is 4.79 Å². The SMILES string of the molecule is CN(c1ccc(C(=O)NCc2ccccc2)nn1)C1CCS(=O)(=O)C1. The molecule has 1 saturated heterocycles. The Morgan fingerprint density at radius 3 is 2.56 bits per heavy atom. The van der Waals surface area contributed by atoms with Gasteiger partial charge in [0.2, 0.25) is 0 Å². The van der Waals surface area contributed by atoms with Gasteiger partial charge in [-0.25, -0.2) is 8.42 Å². The van der Waals surface area contributed by atoms with Crippen LogP contribution in [0.4, 0.5) is 5.82 Å². The Balaban J connectivity index is 1.60. The highest BCUT2D eigenvalue weighted by Gasteiger charge is 2.31. The molecule has 25 heavy (non-hydrogen) atoms. The van der Waals surface area contributed by atoms with Crippen molar-refractivity contribution >= 4 is 21.6 Å². The van der Waals surface area contributed by atoms with E-state index in [9.17, 15) is 13.2 Å². The molecule has 1 N–H and O–H groups in total. The molecular weight excluding hydrogens is 340 g/mol. The molecule has 7 nitrogen and oxygen atoms in total. The topological polar surface area (TPSA) is 92.3 Å². The van der Waals surface area contributed by atoms with Crippen molar-refractivity contribution in [3.8, 4) is 0 Å². The van der Waals surface area contributed by atoms with E-state index in [1.54, 1.807) is 19.2 Å². The second kappa shape index (κ2) is 7.18. The van der Waals surface area contributed by atoms with Crippen LogP contribution in [0, 0.1) is 0 Å². The minimum Gasteiger partial charge on any atom is -0.354 e. The fourth-order valence-electron chi connectivity index (χ4n) is 2.77. The van der Waals surface area contributed by atoms with Gasteiger partial charge in [0.15, 0.2) is 21.3 Å². The summed E-state index contributed by atoms with van der Waals surface area (Å²) in [5.74, 6) is 0.593. The molecule has 0 bridgehead atoms. The summed E-state index contributed by atoms with van der Waals surface area (Å²) in [6, 6.07) is 12.8. The molecule has 0 spiro atoms. The van der Waals surface area contributed by atoms with Gasteiger partial charge in [0, 0.05) is 19.6 Å². The minimum absolute atomic E-state index is 0.0999. The number of hydrogen-bond acceptors (Lipinski definition) is 6. The molecule has 1 aliphatic rings. The average Bonchev–Trinajstić information content (AvgIpc) is 3.00. The molecule has 1 aliphatic heterocycles. The van der Waals surface area contributed by atoms with E-state index in [1.165, 1.54) is 0 Å². The molecule has 1 amide bonds. The van der Waals surface area contributed by atoms with Crippen LogP contribution in [0.2, 0.25) is 0 Å². The number of carbonyl (C=O) groups is 1. The van der Waals surface area contributed by atoms with Crippen LogP contribution in [-0.2, 0) is 16.4 Å². The zero-order chi connectivity index (χ0) is 17.9. The maximum absolute atomic E-state index is 12.1. The van der Waals surface area contributed by atoms with Crippen LogP contribution in [-0.4, -0.2) is 49.1 Å². The fraction of sp³-hybridized carbons (Fsp3) is 0.353. The summed E-state index contributed by atoms with van der Waals surface area (Å²) in [6.45, 7) is 0.420. The molecule has 1 atom stereocenters. The van der Waals surface area contributed by atoms with Gasteiger partial charge in [-0.2, -0.15) is 0 Å². The summed E-state index contributed by atoms with van der Waals surface area (Å²) in [5, 5.41) is 10.8. The average molecular weight is 360 g/mol. The number of nitrogens with zero attached hydrogens (tertiary/aromatic N) is 3. The number of nitrogens with one attached hydrogen (secondary N) is 1. The molecule has 3 rings (SSSR count). The lowest BCUT2D eigenvalue weighted by Gasteiger charge is -2.23. The van der Waals surface area contributed by atoms with E-state index >= 15 is 0 Å². The van der Waals surface area contributed by atoms with E-state index in [0.29, 0.717) is 18.8 Å². The van der Waals surface area contributed by atoms with Gasteiger partial charge in [-0.05, 0) is 24.1 Å². The van der Waals surface area contributed by atoms with Gasteiger partial charge in [0.05, 0.1) is 11.5 Å². The molecule has 2 heterocycles. The van der Waals surface area contributed by atoms with Crippen molar-refractivity contribution in [3.05, 3.63) is 53.7 Å². The normalized spacial score (nSPS) is 18.7. The third-order valence-corrected chi connectivity index (χ3v) is 6.05. The largest absolute Gasteiger partial charge is 0.354 e. The summed E-state index contributed by atoms with van der Waals surface area (Å²) in [5.41, 5.74) is 1.23. The van der Waals surface area contributed by atoms with E-state index in [2.05, 4.69) is 15.5 Å². The number of carbonyl (C=O) groups excluding carboxylic acids is 1. The lowest BCUT2D eigenvalue weighted by atomic mass is 10.2. The molecule has 1 fully saturated rings. The fourth-order valence-corrected chi connectivity index (χ4v) is 4.55. The van der Waals surface area contributed by atoms with E-state index in [-0.39, 0.29) is 29.1 Å². The van der Waals surface area contributed by atoms with E-state index < -0.39 is 9.84 Å². The Morgan fingerprint density at radius 1 is 1.20 bits per heavy atom. The number of benzene rings is 1. The van der Waals surface area contributed by atoms with Crippen molar-refractivity contribution in [2.75, 3.05) is 23.5 Å². The Hall–Kier alpha value is -2.48. The van der Waals surface area contributed by atoms with Crippen molar-refractivity contribution in [2.24, 2.45) is 0 Å². The van der Waals surface area contributed by atoms with E-state index in [0.717, 1.165) is 5.56 Å².